The van der Waals surface area contributed by atoms with Gasteiger partial charge >= 0.3 is 0 Å². The molecule has 1 unspecified atom stereocenters. The molecule has 0 radical (unpaired) electrons. The molecule has 2 aromatic carbocycles. The average Bonchev–Trinajstić information content (AvgIpc) is 2.91. The summed E-state index contributed by atoms with van der Waals surface area (Å²) >= 11 is 0. The van der Waals surface area contributed by atoms with Gasteiger partial charge in [0, 0.05) is 13.1 Å². The Morgan fingerprint density at radius 1 is 1.05 bits per heavy atom. The number of aryl methyl sites for hydroxylation is 1. The fourth-order valence-corrected chi connectivity index (χ4v) is 4.07. The van der Waals surface area contributed by atoms with E-state index in [1.807, 2.05) is 37.3 Å². The molecule has 5 heteroatoms. The number of hydrogen-bond acceptors (Lipinski definition) is 3. The third-order valence-corrected chi connectivity index (χ3v) is 5.87. The molecule has 1 aliphatic rings. The number of nitrogens with zero attached hydrogens (tertiary/aromatic N) is 1. The summed E-state index contributed by atoms with van der Waals surface area (Å²) in [5.74, 6) is 0. The van der Waals surface area contributed by atoms with E-state index in [-0.39, 0.29) is 0 Å². The van der Waals surface area contributed by atoms with Crippen LogP contribution in [0.25, 0.3) is 0 Å². The number of sulfonamides is 1. The lowest BCUT2D eigenvalue weighted by Gasteiger charge is -2.15. The maximum atomic E-state index is 12.7. The number of fused-ring (bicyclic) bond motifs is 1. The molecule has 0 aliphatic carbocycles. The van der Waals surface area contributed by atoms with Crippen molar-refractivity contribution in [1.82, 2.24) is 4.31 Å². The van der Waals surface area contributed by atoms with Gasteiger partial charge in [0.15, 0.2) is 0 Å². The highest BCUT2D eigenvalue weighted by Crippen LogP contribution is 2.30. The Hall–Kier alpha value is -1.69. The molecule has 0 spiro atoms. The Morgan fingerprint density at radius 2 is 1.68 bits per heavy atom. The lowest BCUT2D eigenvalue weighted by molar-refractivity contribution is 0.199. The summed E-state index contributed by atoms with van der Waals surface area (Å²) in [6.07, 6.45) is -0.548. The monoisotopic (exact) mass is 317 g/mol. The van der Waals surface area contributed by atoms with Crippen molar-refractivity contribution < 1.29 is 13.5 Å². The fourth-order valence-electron chi connectivity index (χ4n) is 2.67. The van der Waals surface area contributed by atoms with Crippen molar-refractivity contribution in [2.75, 3.05) is 0 Å². The smallest absolute Gasteiger partial charge is 0.243 e. The molecule has 0 saturated heterocycles. The van der Waals surface area contributed by atoms with Gasteiger partial charge in [0.2, 0.25) is 10.0 Å². The van der Waals surface area contributed by atoms with E-state index in [1.165, 1.54) is 4.31 Å². The van der Waals surface area contributed by atoms with Gasteiger partial charge in [-0.2, -0.15) is 4.31 Å². The van der Waals surface area contributed by atoms with Gasteiger partial charge in [-0.1, -0.05) is 35.9 Å². The molecular formula is C17H19NO3S. The summed E-state index contributed by atoms with van der Waals surface area (Å²) in [5, 5.41) is 9.65. The summed E-state index contributed by atoms with van der Waals surface area (Å²) in [5.41, 5.74) is 3.81. The van der Waals surface area contributed by atoms with Crippen molar-refractivity contribution in [3.63, 3.8) is 0 Å². The van der Waals surface area contributed by atoms with Crippen LogP contribution in [0, 0.1) is 6.92 Å². The normalized spacial score (nSPS) is 16.5. The summed E-state index contributed by atoms with van der Waals surface area (Å²) < 4.78 is 26.9. The molecule has 2 aromatic rings. The number of aliphatic hydroxyl groups excluding tert-OH is 1. The standard InChI is InChI=1S/C17H19NO3S/c1-12-3-7-17(8-4-12)22(20,21)18-10-15-6-5-14(13(2)19)9-16(15)11-18/h3-9,13,19H,10-11H2,1-2H3. The fraction of sp³-hybridized carbons (Fsp3) is 0.294. The van der Waals surface area contributed by atoms with Gasteiger partial charge in [0.25, 0.3) is 0 Å². The first kappa shape index (κ1) is 15.2. The first-order valence-electron chi connectivity index (χ1n) is 7.24. The van der Waals surface area contributed by atoms with E-state index in [0.29, 0.717) is 18.0 Å². The van der Waals surface area contributed by atoms with E-state index in [4.69, 9.17) is 0 Å². The van der Waals surface area contributed by atoms with Crippen LogP contribution < -0.4 is 0 Å². The van der Waals surface area contributed by atoms with Crippen molar-refractivity contribution in [3.05, 3.63) is 64.7 Å². The average molecular weight is 317 g/mol. The largest absolute Gasteiger partial charge is 0.389 e. The molecule has 1 heterocycles. The molecule has 0 saturated carbocycles. The summed E-state index contributed by atoms with van der Waals surface area (Å²) in [6, 6.07) is 12.6. The van der Waals surface area contributed by atoms with Crippen LogP contribution in [-0.2, 0) is 23.1 Å². The first-order valence-corrected chi connectivity index (χ1v) is 8.68. The lowest BCUT2D eigenvalue weighted by Crippen LogP contribution is -2.25. The highest BCUT2D eigenvalue weighted by molar-refractivity contribution is 7.89. The van der Waals surface area contributed by atoms with Crippen molar-refractivity contribution in [2.24, 2.45) is 0 Å². The molecule has 0 amide bonds. The van der Waals surface area contributed by atoms with Gasteiger partial charge in [-0.25, -0.2) is 8.42 Å². The van der Waals surface area contributed by atoms with Crippen LogP contribution in [0.1, 0.15) is 35.3 Å². The van der Waals surface area contributed by atoms with Crippen molar-refractivity contribution >= 4 is 10.0 Å². The molecule has 116 valence electrons. The van der Waals surface area contributed by atoms with Crippen LogP contribution in [-0.4, -0.2) is 17.8 Å². The maximum Gasteiger partial charge on any atom is 0.243 e. The van der Waals surface area contributed by atoms with Gasteiger partial charge in [-0.05, 0) is 42.7 Å². The number of rotatable bonds is 3. The second-order valence-corrected chi connectivity index (χ2v) is 7.73. The molecule has 0 fully saturated rings. The molecule has 1 atom stereocenters. The molecule has 0 aromatic heterocycles. The molecule has 1 aliphatic heterocycles. The van der Waals surface area contributed by atoms with E-state index < -0.39 is 16.1 Å². The number of aliphatic hydroxyl groups is 1. The van der Waals surface area contributed by atoms with Gasteiger partial charge in [0.05, 0.1) is 11.0 Å². The molecule has 1 N–H and O–H groups in total. The Morgan fingerprint density at radius 3 is 2.32 bits per heavy atom. The molecular weight excluding hydrogens is 298 g/mol. The van der Waals surface area contributed by atoms with Crippen molar-refractivity contribution in [1.29, 1.82) is 0 Å². The van der Waals surface area contributed by atoms with E-state index in [2.05, 4.69) is 0 Å². The first-order chi connectivity index (χ1) is 10.4. The second-order valence-electron chi connectivity index (χ2n) is 5.79. The highest BCUT2D eigenvalue weighted by Gasteiger charge is 2.30. The third-order valence-electron chi connectivity index (χ3n) is 4.06. The summed E-state index contributed by atoms with van der Waals surface area (Å²) in [4.78, 5) is 0.321. The Labute approximate surface area is 131 Å². The van der Waals surface area contributed by atoms with Crippen LogP contribution in [0.2, 0.25) is 0 Å². The van der Waals surface area contributed by atoms with Crippen LogP contribution in [0.15, 0.2) is 47.4 Å². The predicted molar refractivity (Wildman–Crippen MR) is 84.7 cm³/mol. The quantitative estimate of drug-likeness (QED) is 0.947. The van der Waals surface area contributed by atoms with E-state index in [0.717, 1.165) is 22.3 Å². The minimum absolute atomic E-state index is 0.321. The van der Waals surface area contributed by atoms with Gasteiger partial charge in [0.1, 0.15) is 0 Å². The van der Waals surface area contributed by atoms with Gasteiger partial charge in [-0.3, -0.25) is 0 Å². The zero-order chi connectivity index (χ0) is 15.9. The Balaban J connectivity index is 1.90. The second kappa shape index (κ2) is 5.50. The SMILES string of the molecule is Cc1ccc(S(=O)(=O)N2Cc3ccc(C(C)O)cc3C2)cc1. The maximum absolute atomic E-state index is 12.7. The topological polar surface area (TPSA) is 57.6 Å². The van der Waals surface area contributed by atoms with E-state index in [9.17, 15) is 13.5 Å². The highest BCUT2D eigenvalue weighted by atomic mass is 32.2. The van der Waals surface area contributed by atoms with Crippen molar-refractivity contribution in [2.45, 2.75) is 37.9 Å². The van der Waals surface area contributed by atoms with E-state index in [1.54, 1.807) is 19.1 Å². The molecule has 3 rings (SSSR count). The van der Waals surface area contributed by atoms with Crippen LogP contribution >= 0.6 is 0 Å². The zero-order valence-electron chi connectivity index (χ0n) is 12.7. The van der Waals surface area contributed by atoms with Crippen LogP contribution in [0.4, 0.5) is 0 Å². The van der Waals surface area contributed by atoms with E-state index >= 15 is 0 Å². The van der Waals surface area contributed by atoms with Crippen LogP contribution in [0.5, 0.6) is 0 Å². The Kier molecular flexibility index (Phi) is 3.80. The minimum Gasteiger partial charge on any atom is -0.389 e. The summed E-state index contributed by atoms with van der Waals surface area (Å²) in [6.45, 7) is 4.37. The van der Waals surface area contributed by atoms with Crippen LogP contribution in [0.3, 0.4) is 0 Å². The number of benzene rings is 2. The van der Waals surface area contributed by atoms with Gasteiger partial charge in [-0.15, -0.1) is 0 Å². The molecule has 0 bridgehead atoms. The lowest BCUT2D eigenvalue weighted by atomic mass is 10.0. The van der Waals surface area contributed by atoms with Gasteiger partial charge < -0.3 is 5.11 Å². The third kappa shape index (κ3) is 2.67. The van der Waals surface area contributed by atoms with Crippen molar-refractivity contribution in [3.8, 4) is 0 Å². The Bertz CT molecular complexity index is 795. The predicted octanol–water partition coefficient (Wildman–Crippen LogP) is 2.75. The molecule has 4 nitrogen and oxygen atoms in total. The molecule has 22 heavy (non-hydrogen) atoms. The minimum atomic E-state index is -3.49. The number of hydrogen-bond donors (Lipinski definition) is 1. The summed E-state index contributed by atoms with van der Waals surface area (Å²) in [7, 11) is -3.49. The zero-order valence-corrected chi connectivity index (χ0v) is 13.5.